The lowest BCUT2D eigenvalue weighted by molar-refractivity contribution is -0.384. The first-order chi connectivity index (χ1) is 13.1. The summed E-state index contributed by atoms with van der Waals surface area (Å²) in [5, 5.41) is 13.2. The van der Waals surface area contributed by atoms with Gasteiger partial charge in [-0.05, 0) is 18.2 Å². The van der Waals surface area contributed by atoms with E-state index >= 15 is 0 Å². The van der Waals surface area contributed by atoms with E-state index in [1.54, 1.807) is 13.8 Å². The zero-order valence-corrected chi connectivity index (χ0v) is 17.3. The number of sulfonamides is 1. The molecule has 0 spiro atoms. The Morgan fingerprint density at radius 3 is 2.36 bits per heavy atom. The van der Waals surface area contributed by atoms with Crippen LogP contribution in [0.5, 0.6) is 0 Å². The summed E-state index contributed by atoms with van der Waals surface area (Å²) in [6.07, 6.45) is 0. The Bertz CT molecular complexity index is 1020. The van der Waals surface area contributed by atoms with Crippen molar-refractivity contribution in [1.29, 1.82) is 0 Å². The van der Waals surface area contributed by atoms with Gasteiger partial charge < -0.3 is 5.32 Å². The number of rotatable bonds is 7. The maximum Gasteiger partial charge on any atom is 0.271 e. The van der Waals surface area contributed by atoms with Crippen LogP contribution in [0.4, 0.5) is 11.4 Å². The molecule has 0 aliphatic carbocycles. The van der Waals surface area contributed by atoms with Crippen molar-refractivity contribution in [2.75, 3.05) is 18.4 Å². The van der Waals surface area contributed by atoms with Gasteiger partial charge in [0.25, 0.3) is 11.6 Å². The lowest BCUT2D eigenvalue weighted by Crippen LogP contribution is -2.31. The van der Waals surface area contributed by atoms with Gasteiger partial charge in [0.15, 0.2) is 0 Å². The number of hydrogen-bond acceptors (Lipinski definition) is 5. The molecule has 2 aromatic carbocycles. The summed E-state index contributed by atoms with van der Waals surface area (Å²) in [6.45, 7) is 3.82. The normalized spacial score (nSPS) is 11.5. The van der Waals surface area contributed by atoms with Gasteiger partial charge in [0.2, 0.25) is 10.0 Å². The summed E-state index contributed by atoms with van der Waals surface area (Å²) >= 11 is 12.1. The number of benzene rings is 2. The predicted octanol–water partition coefficient (Wildman–Crippen LogP) is 4.18. The Morgan fingerprint density at radius 2 is 1.79 bits per heavy atom. The zero-order chi connectivity index (χ0) is 21.1. The SMILES string of the molecule is CCN(CC)S(=O)(=O)c1cc(C(=O)Nc2cccc([N+](=O)[O-])c2)c(Cl)cc1Cl. The number of carbonyl (C=O) groups excluding carboxylic acids is 1. The highest BCUT2D eigenvalue weighted by Crippen LogP contribution is 2.31. The molecule has 11 heteroatoms. The second kappa shape index (κ2) is 8.87. The highest BCUT2D eigenvalue weighted by molar-refractivity contribution is 7.89. The van der Waals surface area contributed by atoms with Crippen LogP contribution >= 0.6 is 23.2 Å². The van der Waals surface area contributed by atoms with Crippen molar-refractivity contribution in [3.05, 3.63) is 62.1 Å². The molecule has 8 nitrogen and oxygen atoms in total. The molecule has 1 N–H and O–H groups in total. The van der Waals surface area contributed by atoms with E-state index in [4.69, 9.17) is 23.2 Å². The molecular weight excluding hydrogens is 429 g/mol. The van der Waals surface area contributed by atoms with Gasteiger partial charge in [-0.2, -0.15) is 4.31 Å². The van der Waals surface area contributed by atoms with Crippen molar-refractivity contribution in [1.82, 2.24) is 4.31 Å². The molecule has 0 atom stereocenters. The van der Waals surface area contributed by atoms with Gasteiger partial charge in [0.05, 0.1) is 20.5 Å². The fourth-order valence-corrected chi connectivity index (χ4v) is 4.79. The Hall–Kier alpha value is -2.20. The molecular formula is C17H17Cl2N3O5S. The van der Waals surface area contributed by atoms with Crippen molar-refractivity contribution in [3.8, 4) is 0 Å². The average molecular weight is 446 g/mol. The maximum absolute atomic E-state index is 12.8. The van der Waals surface area contributed by atoms with Crippen LogP contribution in [0.15, 0.2) is 41.3 Å². The van der Waals surface area contributed by atoms with Crippen LogP contribution in [-0.4, -0.2) is 36.6 Å². The van der Waals surface area contributed by atoms with Gasteiger partial charge >= 0.3 is 0 Å². The van der Waals surface area contributed by atoms with Crippen LogP contribution in [-0.2, 0) is 10.0 Å². The molecule has 2 rings (SSSR count). The number of nitrogens with zero attached hydrogens (tertiary/aromatic N) is 2. The second-order valence-electron chi connectivity index (χ2n) is 5.61. The largest absolute Gasteiger partial charge is 0.322 e. The minimum atomic E-state index is -3.92. The van der Waals surface area contributed by atoms with Gasteiger partial charge in [0.1, 0.15) is 4.90 Å². The quantitative estimate of drug-likeness (QED) is 0.507. The van der Waals surface area contributed by atoms with Crippen molar-refractivity contribution in [2.45, 2.75) is 18.7 Å². The van der Waals surface area contributed by atoms with Crippen LogP contribution in [0.3, 0.4) is 0 Å². The topological polar surface area (TPSA) is 110 Å². The lowest BCUT2D eigenvalue weighted by atomic mass is 10.2. The fraction of sp³-hybridized carbons (Fsp3) is 0.235. The van der Waals surface area contributed by atoms with E-state index in [0.29, 0.717) is 0 Å². The number of anilines is 1. The maximum atomic E-state index is 12.8. The molecule has 0 aromatic heterocycles. The molecule has 0 aliphatic heterocycles. The smallest absolute Gasteiger partial charge is 0.271 e. The molecule has 0 heterocycles. The number of halogens is 2. The standard InChI is InChI=1S/C17H17Cl2N3O5S/c1-3-21(4-2)28(26,27)16-9-13(14(18)10-15(16)19)17(23)20-11-6-5-7-12(8-11)22(24)25/h5-10H,3-4H2,1-2H3,(H,20,23). The predicted molar refractivity (Wildman–Crippen MR) is 108 cm³/mol. The third kappa shape index (κ3) is 4.61. The molecule has 150 valence electrons. The summed E-state index contributed by atoms with van der Waals surface area (Å²) in [6, 6.07) is 7.61. The fourth-order valence-electron chi connectivity index (χ4n) is 2.50. The first-order valence-electron chi connectivity index (χ1n) is 8.16. The minimum absolute atomic E-state index is 0.0496. The van der Waals surface area contributed by atoms with Gasteiger partial charge in [-0.15, -0.1) is 0 Å². The number of hydrogen-bond donors (Lipinski definition) is 1. The Labute approximate surface area is 172 Å². The van der Waals surface area contributed by atoms with Crippen molar-refractivity contribution >= 4 is 50.5 Å². The number of nitro benzene ring substituents is 1. The van der Waals surface area contributed by atoms with E-state index in [1.807, 2.05) is 0 Å². The third-order valence-corrected chi connectivity index (χ3v) is 6.73. The Morgan fingerprint density at radius 1 is 1.14 bits per heavy atom. The number of carbonyl (C=O) groups is 1. The van der Waals surface area contributed by atoms with Crippen molar-refractivity contribution in [2.24, 2.45) is 0 Å². The molecule has 2 aromatic rings. The highest BCUT2D eigenvalue weighted by atomic mass is 35.5. The average Bonchev–Trinajstić information content (AvgIpc) is 2.62. The number of nitro groups is 1. The van der Waals surface area contributed by atoms with Crippen LogP contribution in [0.2, 0.25) is 10.0 Å². The van der Waals surface area contributed by atoms with Crippen LogP contribution in [0.25, 0.3) is 0 Å². The molecule has 28 heavy (non-hydrogen) atoms. The zero-order valence-electron chi connectivity index (χ0n) is 15.0. The Balaban J connectivity index is 2.45. The number of nitrogens with one attached hydrogen (secondary N) is 1. The number of amides is 1. The van der Waals surface area contributed by atoms with Gasteiger partial charge in [-0.3, -0.25) is 14.9 Å². The summed E-state index contributed by atoms with van der Waals surface area (Å²) < 4.78 is 26.7. The Kier molecular flexibility index (Phi) is 7.00. The summed E-state index contributed by atoms with van der Waals surface area (Å²) in [5.74, 6) is -0.724. The van der Waals surface area contributed by atoms with Gasteiger partial charge in [-0.1, -0.05) is 43.1 Å². The monoisotopic (exact) mass is 445 g/mol. The highest BCUT2D eigenvalue weighted by Gasteiger charge is 2.27. The van der Waals surface area contributed by atoms with Gasteiger partial charge in [0, 0.05) is 30.9 Å². The van der Waals surface area contributed by atoms with Crippen molar-refractivity contribution in [3.63, 3.8) is 0 Å². The van der Waals surface area contributed by atoms with E-state index in [0.717, 1.165) is 6.07 Å². The molecule has 0 fully saturated rings. The lowest BCUT2D eigenvalue weighted by Gasteiger charge is -2.20. The molecule has 0 saturated heterocycles. The molecule has 0 unspecified atom stereocenters. The molecule has 1 amide bonds. The minimum Gasteiger partial charge on any atom is -0.322 e. The third-order valence-electron chi connectivity index (χ3n) is 3.90. The van der Waals surface area contributed by atoms with E-state index in [-0.39, 0.29) is 45.0 Å². The van der Waals surface area contributed by atoms with Crippen LogP contribution in [0, 0.1) is 10.1 Å². The summed E-state index contributed by atoms with van der Waals surface area (Å²) in [4.78, 5) is 22.6. The summed E-state index contributed by atoms with van der Waals surface area (Å²) in [5.41, 5.74) is -0.161. The number of non-ortho nitro benzene ring substituents is 1. The van der Waals surface area contributed by atoms with Crippen LogP contribution in [0.1, 0.15) is 24.2 Å². The molecule has 0 saturated carbocycles. The molecule has 0 bridgehead atoms. The van der Waals surface area contributed by atoms with Gasteiger partial charge in [-0.25, -0.2) is 8.42 Å². The van der Waals surface area contributed by atoms with E-state index in [2.05, 4.69) is 5.32 Å². The summed E-state index contributed by atoms with van der Waals surface area (Å²) in [7, 11) is -3.92. The first-order valence-corrected chi connectivity index (χ1v) is 10.4. The second-order valence-corrected chi connectivity index (χ2v) is 8.33. The molecule has 0 aliphatic rings. The first kappa shape index (κ1) is 22.1. The van der Waals surface area contributed by atoms with E-state index in [9.17, 15) is 23.3 Å². The van der Waals surface area contributed by atoms with E-state index < -0.39 is 20.9 Å². The molecule has 0 radical (unpaired) electrons. The van der Waals surface area contributed by atoms with E-state index in [1.165, 1.54) is 34.6 Å². The van der Waals surface area contributed by atoms with Crippen LogP contribution < -0.4 is 5.32 Å². The van der Waals surface area contributed by atoms with Crippen molar-refractivity contribution < 1.29 is 18.1 Å².